The van der Waals surface area contributed by atoms with Crippen LogP contribution < -0.4 is 0 Å². The quantitative estimate of drug-likeness (QED) is 0.524. The number of hydrogen-bond donors (Lipinski definition) is 0. The Kier molecular flexibility index (Phi) is 7.11. The van der Waals surface area contributed by atoms with Crippen LogP contribution in [0.25, 0.3) is 0 Å². The second-order valence-corrected chi connectivity index (χ2v) is 4.39. The van der Waals surface area contributed by atoms with Crippen molar-refractivity contribution in [1.29, 1.82) is 0 Å². The Morgan fingerprint density at radius 2 is 2.00 bits per heavy atom. The second-order valence-electron chi connectivity index (χ2n) is 4.39. The highest BCUT2D eigenvalue weighted by atomic mass is 16.5. The summed E-state index contributed by atoms with van der Waals surface area (Å²) in [7, 11) is 0. The maximum Gasteiger partial charge on any atom is 0.308 e. The van der Waals surface area contributed by atoms with Gasteiger partial charge in [0.2, 0.25) is 0 Å². The summed E-state index contributed by atoms with van der Waals surface area (Å²) < 4.78 is 10.7. The van der Waals surface area contributed by atoms with E-state index in [1.165, 1.54) is 0 Å². The zero-order valence-electron chi connectivity index (χ0n) is 11.2. The third-order valence-electron chi connectivity index (χ3n) is 2.60. The summed E-state index contributed by atoms with van der Waals surface area (Å²) in [5.74, 6) is -0.206. The van der Waals surface area contributed by atoms with E-state index in [1.54, 1.807) is 0 Å². The Balaban J connectivity index is 2.17. The molecule has 1 aromatic carbocycles. The average Bonchev–Trinajstić information content (AvgIpc) is 2.38. The minimum atomic E-state index is -0.206. The predicted octanol–water partition coefficient (Wildman–Crippen LogP) is 3.33. The van der Waals surface area contributed by atoms with Crippen LogP contribution in [0.5, 0.6) is 0 Å². The van der Waals surface area contributed by atoms with Crippen molar-refractivity contribution in [1.82, 2.24) is 0 Å². The molecule has 0 aliphatic heterocycles. The summed E-state index contributed by atoms with van der Waals surface area (Å²) in [5.41, 5.74) is 1.01. The molecular weight excluding hydrogens is 228 g/mol. The molecule has 0 N–H and O–H groups in total. The molecule has 1 unspecified atom stereocenters. The van der Waals surface area contributed by atoms with E-state index in [4.69, 9.17) is 9.47 Å². The Morgan fingerprint density at radius 1 is 1.28 bits per heavy atom. The first-order valence-electron chi connectivity index (χ1n) is 6.53. The molecular formula is C15H22O3. The lowest BCUT2D eigenvalue weighted by atomic mass is 10.2. The minimum Gasteiger partial charge on any atom is -0.461 e. The fraction of sp³-hybridized carbons (Fsp3) is 0.533. The van der Waals surface area contributed by atoms with Gasteiger partial charge in [-0.05, 0) is 18.9 Å². The highest BCUT2D eigenvalue weighted by Gasteiger charge is 2.10. The molecule has 100 valence electrons. The van der Waals surface area contributed by atoms with Gasteiger partial charge in [-0.3, -0.25) is 4.79 Å². The molecule has 0 radical (unpaired) electrons. The van der Waals surface area contributed by atoms with Gasteiger partial charge in [0.05, 0.1) is 12.5 Å². The van der Waals surface area contributed by atoms with Crippen molar-refractivity contribution >= 4 is 5.97 Å². The summed E-state index contributed by atoms with van der Waals surface area (Å²) >= 11 is 0. The van der Waals surface area contributed by atoms with E-state index in [-0.39, 0.29) is 12.1 Å². The molecule has 0 aliphatic rings. The number of ether oxygens (including phenoxy) is 2. The summed E-state index contributed by atoms with van der Waals surface area (Å²) in [6, 6.07) is 9.68. The van der Waals surface area contributed by atoms with Gasteiger partial charge in [-0.2, -0.15) is 0 Å². The van der Waals surface area contributed by atoms with E-state index in [0.717, 1.165) is 18.4 Å². The molecule has 3 heteroatoms. The largest absolute Gasteiger partial charge is 0.461 e. The third kappa shape index (κ3) is 6.40. The van der Waals surface area contributed by atoms with Crippen LogP contribution in [0, 0.1) is 0 Å². The molecule has 0 amide bonds. The maximum atomic E-state index is 11.6. The van der Waals surface area contributed by atoms with E-state index in [2.05, 4.69) is 6.92 Å². The Hall–Kier alpha value is -1.35. The van der Waals surface area contributed by atoms with Crippen LogP contribution >= 0.6 is 0 Å². The Bertz CT molecular complexity index is 335. The van der Waals surface area contributed by atoms with Gasteiger partial charge in [0.25, 0.3) is 0 Å². The van der Waals surface area contributed by atoms with Crippen LogP contribution in [0.15, 0.2) is 30.3 Å². The molecule has 0 aliphatic carbocycles. The molecule has 0 saturated carbocycles. The first-order valence-corrected chi connectivity index (χ1v) is 6.53. The molecule has 0 heterocycles. The van der Waals surface area contributed by atoms with Gasteiger partial charge in [0.15, 0.2) is 0 Å². The monoisotopic (exact) mass is 250 g/mol. The van der Waals surface area contributed by atoms with E-state index in [9.17, 15) is 4.79 Å². The van der Waals surface area contributed by atoms with Gasteiger partial charge in [-0.1, -0.05) is 43.7 Å². The van der Waals surface area contributed by atoms with Crippen molar-refractivity contribution in [2.75, 3.05) is 6.61 Å². The van der Waals surface area contributed by atoms with Crippen LogP contribution in [0.4, 0.5) is 0 Å². The summed E-state index contributed by atoms with van der Waals surface area (Å²) in [6.07, 6.45) is 2.38. The fourth-order valence-electron chi connectivity index (χ4n) is 1.52. The van der Waals surface area contributed by atoms with E-state index < -0.39 is 0 Å². The van der Waals surface area contributed by atoms with Crippen molar-refractivity contribution in [2.24, 2.45) is 0 Å². The normalized spacial score (nSPS) is 12.1. The van der Waals surface area contributed by atoms with E-state index in [1.807, 2.05) is 37.3 Å². The summed E-state index contributed by atoms with van der Waals surface area (Å²) in [5, 5.41) is 0. The van der Waals surface area contributed by atoms with Gasteiger partial charge in [0.1, 0.15) is 6.61 Å². The molecule has 18 heavy (non-hydrogen) atoms. The van der Waals surface area contributed by atoms with Crippen LogP contribution in [-0.4, -0.2) is 18.7 Å². The number of rotatable bonds is 8. The topological polar surface area (TPSA) is 35.5 Å². The molecule has 0 bridgehead atoms. The highest BCUT2D eigenvalue weighted by molar-refractivity contribution is 5.69. The fourth-order valence-corrected chi connectivity index (χ4v) is 1.52. The number of benzene rings is 1. The smallest absolute Gasteiger partial charge is 0.308 e. The van der Waals surface area contributed by atoms with E-state index >= 15 is 0 Å². The molecule has 0 saturated heterocycles. The first-order chi connectivity index (χ1) is 8.72. The van der Waals surface area contributed by atoms with Crippen LogP contribution in [0.2, 0.25) is 0 Å². The standard InChI is InChI=1S/C15H22O3/c1-3-4-10-17-13(2)11-15(16)18-12-14-8-6-5-7-9-14/h5-9,13H,3-4,10-12H2,1-2H3. The zero-order chi connectivity index (χ0) is 13.2. The van der Waals surface area contributed by atoms with Gasteiger partial charge >= 0.3 is 5.97 Å². The maximum absolute atomic E-state index is 11.6. The van der Waals surface area contributed by atoms with Gasteiger partial charge < -0.3 is 9.47 Å². The lowest BCUT2D eigenvalue weighted by Gasteiger charge is -2.12. The van der Waals surface area contributed by atoms with Crippen LogP contribution in [0.3, 0.4) is 0 Å². The second kappa shape index (κ2) is 8.70. The average molecular weight is 250 g/mol. The van der Waals surface area contributed by atoms with Crippen molar-refractivity contribution in [2.45, 2.75) is 45.8 Å². The number of carbonyl (C=O) groups excluding carboxylic acids is 1. The lowest BCUT2D eigenvalue weighted by Crippen LogP contribution is -2.16. The molecule has 0 spiro atoms. The number of esters is 1. The molecule has 0 fully saturated rings. The SMILES string of the molecule is CCCCOC(C)CC(=O)OCc1ccccc1. The minimum absolute atomic E-state index is 0.0696. The van der Waals surface area contributed by atoms with Crippen molar-refractivity contribution in [3.8, 4) is 0 Å². The summed E-state index contributed by atoms with van der Waals surface area (Å²) in [6.45, 7) is 5.06. The molecule has 1 aromatic rings. The summed E-state index contributed by atoms with van der Waals surface area (Å²) in [4.78, 5) is 11.6. The number of carbonyl (C=O) groups is 1. The van der Waals surface area contributed by atoms with Gasteiger partial charge in [-0.15, -0.1) is 0 Å². The van der Waals surface area contributed by atoms with Crippen molar-refractivity contribution < 1.29 is 14.3 Å². The number of unbranched alkanes of at least 4 members (excludes halogenated alkanes) is 1. The van der Waals surface area contributed by atoms with Gasteiger partial charge in [0, 0.05) is 6.61 Å². The Morgan fingerprint density at radius 3 is 2.67 bits per heavy atom. The van der Waals surface area contributed by atoms with E-state index in [0.29, 0.717) is 19.6 Å². The molecule has 1 atom stereocenters. The predicted molar refractivity (Wildman–Crippen MR) is 71.2 cm³/mol. The molecule has 1 rings (SSSR count). The van der Waals surface area contributed by atoms with Crippen molar-refractivity contribution in [3.63, 3.8) is 0 Å². The first kappa shape index (κ1) is 14.7. The van der Waals surface area contributed by atoms with Crippen molar-refractivity contribution in [3.05, 3.63) is 35.9 Å². The highest BCUT2D eigenvalue weighted by Crippen LogP contribution is 2.05. The Labute approximate surface area is 109 Å². The van der Waals surface area contributed by atoms with Crippen LogP contribution in [0.1, 0.15) is 38.7 Å². The number of hydrogen-bond acceptors (Lipinski definition) is 3. The zero-order valence-corrected chi connectivity index (χ0v) is 11.2. The lowest BCUT2D eigenvalue weighted by molar-refractivity contribution is -0.147. The van der Waals surface area contributed by atoms with Gasteiger partial charge in [-0.25, -0.2) is 0 Å². The molecule has 0 aromatic heterocycles. The van der Waals surface area contributed by atoms with Crippen LogP contribution in [-0.2, 0) is 20.9 Å². The molecule has 3 nitrogen and oxygen atoms in total. The third-order valence-corrected chi connectivity index (χ3v) is 2.60.